The molecular weight excluding hydrogens is 388 g/mol. The van der Waals surface area contributed by atoms with Gasteiger partial charge in [0, 0.05) is 6.54 Å². The fourth-order valence-electron chi connectivity index (χ4n) is 2.20. The highest BCUT2D eigenvalue weighted by molar-refractivity contribution is 7.85. The van der Waals surface area contributed by atoms with Crippen LogP contribution >= 0.6 is 0 Å². The molecule has 0 unspecified atom stereocenters. The van der Waals surface area contributed by atoms with E-state index in [9.17, 15) is 35.8 Å². The van der Waals surface area contributed by atoms with Crippen LogP contribution in [0.3, 0.4) is 0 Å². The fraction of sp³-hybridized carbons (Fsp3) is 0.444. The summed E-state index contributed by atoms with van der Waals surface area (Å²) < 4.78 is 63.7. The zero-order valence-corrected chi connectivity index (χ0v) is 14.3. The van der Waals surface area contributed by atoms with Gasteiger partial charge in [0.05, 0.1) is 0 Å². The summed E-state index contributed by atoms with van der Waals surface area (Å²) >= 11 is 0. The number of aromatic nitrogens is 4. The predicted molar refractivity (Wildman–Crippen MR) is 81.4 cm³/mol. The second-order valence-electron chi connectivity index (χ2n) is 4.48. The highest BCUT2D eigenvalue weighted by Crippen LogP contribution is 2.09. The summed E-state index contributed by atoms with van der Waals surface area (Å²) in [6.07, 6.45) is 0. The Morgan fingerprint density at radius 2 is 1.44 bits per heavy atom. The van der Waals surface area contributed by atoms with E-state index in [0.717, 1.165) is 0 Å². The molecule has 0 saturated carbocycles. The normalized spacial score (nSPS) is 12.6. The third-order valence-electron chi connectivity index (χ3n) is 3.04. The van der Waals surface area contributed by atoms with Crippen LogP contribution in [-0.2, 0) is 27.2 Å². The minimum absolute atomic E-state index is 0.195. The Hall–Kier alpha value is -2.43. The maximum Gasteiger partial charge on any atom is 0.370 e. The first-order valence-electron chi connectivity index (χ1n) is 6.50. The number of fused-ring (bicyclic) bond motifs is 1. The van der Waals surface area contributed by atoms with Gasteiger partial charge in [-0.25, -0.2) is 9.59 Å². The van der Waals surface area contributed by atoms with Crippen LogP contribution in [0.15, 0.2) is 14.4 Å². The molecule has 2 heterocycles. The van der Waals surface area contributed by atoms with E-state index in [1.54, 1.807) is 0 Å². The summed E-state index contributed by atoms with van der Waals surface area (Å²) in [6.45, 7) is 2.30. The number of rotatable bonds is 5. The Kier molecular flexibility index (Phi) is 4.41. The summed E-state index contributed by atoms with van der Waals surface area (Å²) in [4.78, 5) is 41.6. The molecule has 14 nitrogen and oxygen atoms in total. The highest BCUT2D eigenvalue weighted by atomic mass is 32.2. The van der Waals surface area contributed by atoms with Crippen LogP contribution in [0.4, 0.5) is 0 Å². The highest BCUT2D eigenvalue weighted by Gasteiger charge is 2.32. The van der Waals surface area contributed by atoms with E-state index in [0.29, 0.717) is 4.57 Å². The van der Waals surface area contributed by atoms with E-state index in [4.69, 9.17) is 9.39 Å². The summed E-state index contributed by atoms with van der Waals surface area (Å²) in [5.74, 6) is 0. The third-order valence-corrected chi connectivity index (χ3v) is 4.61. The summed E-state index contributed by atoms with van der Waals surface area (Å²) in [6, 6.07) is 0. The van der Waals surface area contributed by atoms with Gasteiger partial charge in [-0.1, -0.05) is 0 Å². The Balaban J connectivity index is 3.44. The number of nitrogens with zero attached hydrogens (tertiary/aromatic N) is 4. The van der Waals surface area contributed by atoms with Crippen LogP contribution in [0.1, 0.15) is 13.8 Å². The Bertz CT molecular complexity index is 1240. The molecule has 0 radical (unpaired) electrons. The van der Waals surface area contributed by atoms with Crippen molar-refractivity contribution in [3.63, 3.8) is 0 Å². The molecule has 140 valence electrons. The molecular formula is C9H12N4O10S2. The molecule has 0 aromatic carbocycles. The number of hydrogen-bond donors (Lipinski definition) is 2. The smallest absolute Gasteiger partial charge is 0.370 e. The number of hydrogen-bond acceptors (Lipinski definition) is 8. The first-order chi connectivity index (χ1) is 11.4. The van der Waals surface area contributed by atoms with Crippen LogP contribution in [-0.4, -0.2) is 49.8 Å². The van der Waals surface area contributed by atoms with Crippen molar-refractivity contribution in [3.05, 3.63) is 31.3 Å². The molecule has 25 heavy (non-hydrogen) atoms. The molecule has 0 spiro atoms. The van der Waals surface area contributed by atoms with E-state index in [1.807, 2.05) is 0 Å². The lowest BCUT2D eigenvalue weighted by molar-refractivity contribution is 0.121. The minimum Gasteiger partial charge on any atom is -0.409 e. The number of aryl methyl sites for hydroxylation is 1. The Labute approximate surface area is 138 Å². The standard InChI is InChI=1S/C9H12N4O10S2/c1-3-10-6-5(11(8(10)15)23-4-2)7(14)13(25(20,21)22)9(16)12(6)24(17,18)19/h3-4H2,1-2H3,(H,17,18,19)(H,20,21,22). The maximum atomic E-state index is 12.3. The SMILES string of the molecule is CCOn1c(=O)n(CC)c2c1c(=O)n(S(=O)(=O)O)c(=O)n2S(=O)(=O)O. The van der Waals surface area contributed by atoms with Crippen molar-refractivity contribution >= 4 is 31.8 Å². The molecule has 2 aromatic heterocycles. The lowest BCUT2D eigenvalue weighted by Gasteiger charge is -2.09. The number of imidazole rings is 1. The quantitative estimate of drug-likeness (QED) is 0.486. The van der Waals surface area contributed by atoms with Gasteiger partial charge in [0.25, 0.3) is 0 Å². The Morgan fingerprint density at radius 3 is 1.84 bits per heavy atom. The van der Waals surface area contributed by atoms with Crippen molar-refractivity contribution < 1.29 is 30.8 Å². The van der Waals surface area contributed by atoms with Crippen molar-refractivity contribution in [2.45, 2.75) is 20.4 Å². The molecule has 0 amide bonds. The molecule has 0 fully saturated rings. The summed E-state index contributed by atoms with van der Waals surface area (Å²) in [5.41, 5.74) is -6.86. The minimum atomic E-state index is -5.57. The van der Waals surface area contributed by atoms with Gasteiger partial charge in [-0.15, -0.1) is 12.7 Å². The third kappa shape index (κ3) is 2.77. The summed E-state index contributed by atoms with van der Waals surface area (Å²) in [5, 5.41) is 0. The van der Waals surface area contributed by atoms with Crippen molar-refractivity contribution in [1.29, 1.82) is 0 Å². The van der Waals surface area contributed by atoms with Crippen molar-refractivity contribution in [1.82, 2.24) is 17.2 Å². The predicted octanol–water partition coefficient (Wildman–Crippen LogP) is -3.10. The van der Waals surface area contributed by atoms with Crippen molar-refractivity contribution in [2.75, 3.05) is 6.61 Å². The van der Waals surface area contributed by atoms with Gasteiger partial charge < -0.3 is 4.84 Å². The first kappa shape index (κ1) is 18.9. The van der Waals surface area contributed by atoms with Crippen LogP contribution in [0.2, 0.25) is 0 Å². The molecule has 0 aliphatic carbocycles. The molecule has 0 atom stereocenters. The van der Waals surface area contributed by atoms with E-state index in [1.165, 1.54) is 13.8 Å². The molecule has 0 aliphatic rings. The molecule has 0 saturated heterocycles. The second kappa shape index (κ2) is 5.83. The molecule has 0 bridgehead atoms. The van der Waals surface area contributed by atoms with Crippen molar-refractivity contribution in [3.8, 4) is 0 Å². The largest absolute Gasteiger partial charge is 0.409 e. The van der Waals surface area contributed by atoms with Gasteiger partial charge >= 0.3 is 37.5 Å². The molecule has 2 rings (SSSR count). The fourth-order valence-corrected chi connectivity index (χ4v) is 3.51. The average molecular weight is 400 g/mol. The van der Waals surface area contributed by atoms with Crippen LogP contribution in [0.25, 0.3) is 11.2 Å². The Morgan fingerprint density at radius 1 is 0.920 bits per heavy atom. The molecule has 16 heteroatoms. The average Bonchev–Trinajstić information content (AvgIpc) is 2.69. The van der Waals surface area contributed by atoms with Gasteiger partial charge in [0.2, 0.25) is 0 Å². The topological polar surface area (TPSA) is 189 Å². The van der Waals surface area contributed by atoms with E-state index in [-0.39, 0.29) is 17.9 Å². The monoisotopic (exact) mass is 400 g/mol. The van der Waals surface area contributed by atoms with Gasteiger partial charge in [-0.05, 0) is 13.8 Å². The van der Waals surface area contributed by atoms with Crippen LogP contribution in [0.5, 0.6) is 0 Å². The zero-order valence-electron chi connectivity index (χ0n) is 12.7. The van der Waals surface area contributed by atoms with E-state index >= 15 is 0 Å². The van der Waals surface area contributed by atoms with E-state index < -0.39 is 56.7 Å². The van der Waals surface area contributed by atoms with Crippen molar-refractivity contribution in [2.24, 2.45) is 0 Å². The van der Waals surface area contributed by atoms with Crippen LogP contribution < -0.4 is 21.8 Å². The van der Waals surface area contributed by atoms with Gasteiger partial charge in [0.1, 0.15) is 6.61 Å². The van der Waals surface area contributed by atoms with Crippen LogP contribution in [0, 0.1) is 0 Å². The molecule has 0 aliphatic heterocycles. The van der Waals surface area contributed by atoms with Gasteiger partial charge in [-0.3, -0.25) is 18.5 Å². The van der Waals surface area contributed by atoms with E-state index in [2.05, 4.69) is 0 Å². The lowest BCUT2D eigenvalue weighted by atomic mass is 10.5. The molecule has 2 aromatic rings. The lowest BCUT2D eigenvalue weighted by Crippen LogP contribution is -2.46. The van der Waals surface area contributed by atoms with Gasteiger partial charge in [-0.2, -0.15) is 16.8 Å². The zero-order chi connectivity index (χ0) is 19.3. The maximum absolute atomic E-state index is 12.3. The summed E-state index contributed by atoms with van der Waals surface area (Å²) in [7, 11) is -11.0. The molecule has 2 N–H and O–H groups in total. The first-order valence-corrected chi connectivity index (χ1v) is 9.29. The second-order valence-corrected chi connectivity index (χ2v) is 7.00. The van der Waals surface area contributed by atoms with Gasteiger partial charge in [0.15, 0.2) is 11.2 Å².